The lowest BCUT2D eigenvalue weighted by Gasteiger charge is -2.08. The third kappa shape index (κ3) is 3.30. The first-order valence-corrected chi connectivity index (χ1v) is 6.88. The summed E-state index contributed by atoms with van der Waals surface area (Å²) in [4.78, 5) is 0. The van der Waals surface area contributed by atoms with Gasteiger partial charge < -0.3 is 5.11 Å². The van der Waals surface area contributed by atoms with Crippen molar-refractivity contribution in [3.05, 3.63) is 51.3 Å². The van der Waals surface area contributed by atoms with Gasteiger partial charge >= 0.3 is 0 Å². The molecule has 0 aliphatic heterocycles. The second-order valence-corrected chi connectivity index (χ2v) is 5.61. The lowest BCUT2D eigenvalue weighted by atomic mass is 10.1. The Kier molecular flexibility index (Phi) is 4.50. The first-order chi connectivity index (χ1) is 9.01. The molecule has 2 aromatic rings. The topological polar surface area (TPSA) is 38.0 Å². The van der Waals surface area contributed by atoms with Gasteiger partial charge in [-0.3, -0.25) is 4.68 Å². The number of aliphatic hydroxyl groups excluding tert-OH is 1. The van der Waals surface area contributed by atoms with Gasteiger partial charge in [-0.2, -0.15) is 5.10 Å². The minimum absolute atomic E-state index is 0.0368. The summed E-state index contributed by atoms with van der Waals surface area (Å²) >= 11 is 12.0. The fraction of sp³-hybridized carbons (Fsp3) is 0.357. The number of hydrogen-bond donors (Lipinski definition) is 1. The number of aliphatic hydroxyl groups is 1. The normalized spacial score (nSPS) is 11.3. The second kappa shape index (κ2) is 5.95. The molecular weight excluding hydrogens is 283 g/mol. The van der Waals surface area contributed by atoms with E-state index < -0.39 is 0 Å². The summed E-state index contributed by atoms with van der Waals surface area (Å²) in [5.74, 6) is 0.326. The van der Waals surface area contributed by atoms with E-state index in [1.165, 1.54) is 0 Å². The largest absolute Gasteiger partial charge is 0.390 e. The molecule has 1 N–H and O–H groups in total. The average Bonchev–Trinajstić information content (AvgIpc) is 2.76. The molecule has 1 aromatic carbocycles. The summed E-state index contributed by atoms with van der Waals surface area (Å²) in [6, 6.07) is 7.31. The summed E-state index contributed by atoms with van der Waals surface area (Å²) in [5.41, 5.74) is 2.68. The highest BCUT2D eigenvalue weighted by Crippen LogP contribution is 2.23. The van der Waals surface area contributed by atoms with Crippen molar-refractivity contribution >= 4 is 23.2 Å². The van der Waals surface area contributed by atoms with Crippen LogP contribution in [0.25, 0.3) is 0 Å². The molecule has 0 radical (unpaired) electrons. The Hall–Kier alpha value is -1.03. The average molecular weight is 299 g/mol. The Morgan fingerprint density at radius 3 is 2.58 bits per heavy atom. The third-order valence-corrected chi connectivity index (χ3v) is 3.56. The molecule has 0 saturated heterocycles. The highest BCUT2D eigenvalue weighted by molar-refractivity contribution is 6.35. The Morgan fingerprint density at radius 2 is 2.00 bits per heavy atom. The molecule has 0 amide bonds. The van der Waals surface area contributed by atoms with Crippen LogP contribution >= 0.6 is 23.2 Å². The van der Waals surface area contributed by atoms with Gasteiger partial charge in [0.15, 0.2) is 0 Å². The van der Waals surface area contributed by atoms with Crippen molar-refractivity contribution in [1.29, 1.82) is 0 Å². The molecular formula is C14H16Cl2N2O. The fourth-order valence-electron chi connectivity index (χ4n) is 1.84. The predicted molar refractivity (Wildman–Crippen MR) is 77.8 cm³/mol. The second-order valence-electron chi connectivity index (χ2n) is 4.77. The smallest absolute Gasteiger partial charge is 0.0850 e. The molecule has 3 nitrogen and oxygen atoms in total. The predicted octanol–water partition coefficient (Wildman–Crippen LogP) is 3.85. The molecule has 1 aromatic heterocycles. The molecule has 0 saturated carbocycles. The first kappa shape index (κ1) is 14.4. The summed E-state index contributed by atoms with van der Waals surface area (Å²) in [6.07, 6.45) is 0. The molecule has 2 rings (SSSR count). The lowest BCUT2D eigenvalue weighted by Crippen LogP contribution is -2.07. The SMILES string of the molecule is CC(C)c1cc(CO)n(Cc2ccc(Cl)cc2Cl)n1. The number of aromatic nitrogens is 2. The van der Waals surface area contributed by atoms with Crippen molar-refractivity contribution in [3.63, 3.8) is 0 Å². The van der Waals surface area contributed by atoms with Crippen molar-refractivity contribution < 1.29 is 5.11 Å². The van der Waals surface area contributed by atoms with Gasteiger partial charge in [0.05, 0.1) is 24.5 Å². The molecule has 0 fully saturated rings. The maximum absolute atomic E-state index is 9.39. The molecule has 0 bridgehead atoms. The molecule has 0 atom stereocenters. The van der Waals surface area contributed by atoms with Gasteiger partial charge in [0.25, 0.3) is 0 Å². The van der Waals surface area contributed by atoms with E-state index in [2.05, 4.69) is 18.9 Å². The van der Waals surface area contributed by atoms with Gasteiger partial charge in [-0.15, -0.1) is 0 Å². The number of rotatable bonds is 4. The van der Waals surface area contributed by atoms with E-state index in [0.717, 1.165) is 17.0 Å². The van der Waals surface area contributed by atoms with Crippen molar-refractivity contribution in [2.75, 3.05) is 0 Å². The van der Waals surface area contributed by atoms with E-state index in [1.807, 2.05) is 12.1 Å². The maximum atomic E-state index is 9.39. The number of benzene rings is 1. The summed E-state index contributed by atoms with van der Waals surface area (Å²) in [7, 11) is 0. The van der Waals surface area contributed by atoms with E-state index in [9.17, 15) is 5.11 Å². The molecule has 5 heteroatoms. The van der Waals surface area contributed by atoms with Gasteiger partial charge in [-0.25, -0.2) is 0 Å². The van der Waals surface area contributed by atoms with Crippen molar-refractivity contribution in [2.24, 2.45) is 0 Å². The minimum atomic E-state index is -0.0368. The summed E-state index contributed by atoms with van der Waals surface area (Å²) < 4.78 is 1.78. The van der Waals surface area contributed by atoms with Crippen molar-refractivity contribution in [3.8, 4) is 0 Å². The van der Waals surface area contributed by atoms with Crippen LogP contribution in [0.4, 0.5) is 0 Å². The monoisotopic (exact) mass is 298 g/mol. The Labute approximate surface area is 122 Å². The molecule has 0 aliphatic carbocycles. The molecule has 19 heavy (non-hydrogen) atoms. The van der Waals surface area contributed by atoms with Crippen molar-refractivity contribution in [2.45, 2.75) is 32.9 Å². The van der Waals surface area contributed by atoms with Crippen LogP contribution in [0.2, 0.25) is 10.0 Å². The van der Waals surface area contributed by atoms with E-state index in [0.29, 0.717) is 22.5 Å². The molecule has 0 aliphatic rings. The van der Waals surface area contributed by atoms with Gasteiger partial charge in [-0.1, -0.05) is 43.1 Å². The van der Waals surface area contributed by atoms with Crippen LogP contribution in [-0.4, -0.2) is 14.9 Å². The fourth-order valence-corrected chi connectivity index (χ4v) is 2.30. The standard InChI is InChI=1S/C14H16Cl2N2O/c1-9(2)14-6-12(8-19)18(17-14)7-10-3-4-11(15)5-13(10)16/h3-6,9,19H,7-8H2,1-2H3. The van der Waals surface area contributed by atoms with Crippen LogP contribution in [-0.2, 0) is 13.2 Å². The number of halogens is 2. The highest BCUT2D eigenvalue weighted by atomic mass is 35.5. The zero-order valence-electron chi connectivity index (χ0n) is 10.9. The van der Waals surface area contributed by atoms with Gasteiger partial charge in [0, 0.05) is 10.0 Å². The van der Waals surface area contributed by atoms with Crippen LogP contribution in [0.5, 0.6) is 0 Å². The summed E-state index contributed by atoms with van der Waals surface area (Å²) in [6.45, 7) is 4.63. The van der Waals surface area contributed by atoms with Crippen LogP contribution in [0.3, 0.4) is 0 Å². The van der Waals surface area contributed by atoms with Gasteiger partial charge in [0.1, 0.15) is 0 Å². The number of nitrogens with zero attached hydrogens (tertiary/aromatic N) is 2. The van der Waals surface area contributed by atoms with Crippen molar-refractivity contribution in [1.82, 2.24) is 9.78 Å². The molecule has 0 unspecified atom stereocenters. The van der Waals surface area contributed by atoms with E-state index in [-0.39, 0.29) is 6.61 Å². The van der Waals surface area contributed by atoms with E-state index >= 15 is 0 Å². The third-order valence-electron chi connectivity index (χ3n) is 2.97. The van der Waals surface area contributed by atoms with Gasteiger partial charge in [-0.05, 0) is 29.7 Å². The van der Waals surface area contributed by atoms with E-state index in [4.69, 9.17) is 23.2 Å². The van der Waals surface area contributed by atoms with E-state index in [1.54, 1.807) is 16.8 Å². The molecule has 102 valence electrons. The van der Waals surface area contributed by atoms with Crippen LogP contribution in [0.1, 0.15) is 36.7 Å². The Morgan fingerprint density at radius 1 is 1.26 bits per heavy atom. The Balaban J connectivity index is 2.32. The summed E-state index contributed by atoms with van der Waals surface area (Å²) in [5, 5.41) is 15.1. The van der Waals surface area contributed by atoms with Crippen LogP contribution in [0.15, 0.2) is 24.3 Å². The molecule has 0 spiro atoms. The molecule has 1 heterocycles. The first-order valence-electron chi connectivity index (χ1n) is 6.12. The maximum Gasteiger partial charge on any atom is 0.0850 e. The van der Waals surface area contributed by atoms with Gasteiger partial charge in [0.2, 0.25) is 0 Å². The highest BCUT2D eigenvalue weighted by Gasteiger charge is 2.11. The number of hydrogen-bond acceptors (Lipinski definition) is 2. The minimum Gasteiger partial charge on any atom is -0.390 e. The zero-order valence-corrected chi connectivity index (χ0v) is 12.4. The quantitative estimate of drug-likeness (QED) is 0.931. The lowest BCUT2D eigenvalue weighted by molar-refractivity contribution is 0.269. The zero-order chi connectivity index (χ0) is 14.0. The van der Waals surface area contributed by atoms with Crippen LogP contribution < -0.4 is 0 Å². The Bertz CT molecular complexity index is 579. The van der Waals surface area contributed by atoms with Crippen LogP contribution in [0, 0.1) is 0 Å².